The SMILES string of the molecule is COC(=O)COc1ccc2c(c1)O/C(=C/c1ccc(Cl)c(Cl)c1)C2=O. The summed E-state index contributed by atoms with van der Waals surface area (Å²) in [6, 6.07) is 9.73. The van der Waals surface area contributed by atoms with Crippen molar-refractivity contribution in [3.63, 3.8) is 0 Å². The van der Waals surface area contributed by atoms with Gasteiger partial charge in [-0.3, -0.25) is 4.79 Å². The molecule has 128 valence electrons. The van der Waals surface area contributed by atoms with Crippen molar-refractivity contribution in [1.82, 2.24) is 0 Å². The molecule has 0 bridgehead atoms. The van der Waals surface area contributed by atoms with Crippen LogP contribution in [0.2, 0.25) is 10.0 Å². The monoisotopic (exact) mass is 378 g/mol. The minimum atomic E-state index is -0.502. The van der Waals surface area contributed by atoms with Gasteiger partial charge in [0.05, 0.1) is 22.7 Å². The van der Waals surface area contributed by atoms with Gasteiger partial charge in [0.1, 0.15) is 11.5 Å². The van der Waals surface area contributed by atoms with Crippen LogP contribution in [0, 0.1) is 0 Å². The van der Waals surface area contributed by atoms with Crippen LogP contribution in [-0.4, -0.2) is 25.5 Å². The Morgan fingerprint density at radius 2 is 1.96 bits per heavy atom. The molecule has 1 aliphatic heterocycles. The van der Waals surface area contributed by atoms with Crippen LogP contribution in [0.4, 0.5) is 0 Å². The number of carbonyl (C=O) groups excluding carboxylic acids is 2. The standard InChI is InChI=1S/C18H12Cl2O5/c1-23-17(21)9-24-11-3-4-12-15(8-11)25-16(18(12)22)7-10-2-5-13(19)14(20)6-10/h2-8H,9H2,1H3/b16-7+. The van der Waals surface area contributed by atoms with Crippen molar-refractivity contribution in [3.8, 4) is 11.5 Å². The molecule has 0 fully saturated rings. The minimum absolute atomic E-state index is 0.165. The summed E-state index contributed by atoms with van der Waals surface area (Å²) in [5, 5.41) is 0.815. The Labute approximate surface area is 153 Å². The molecule has 7 heteroatoms. The molecule has 0 atom stereocenters. The van der Waals surface area contributed by atoms with E-state index >= 15 is 0 Å². The Hall–Kier alpha value is -2.50. The highest BCUT2D eigenvalue weighted by Gasteiger charge is 2.27. The quantitative estimate of drug-likeness (QED) is 0.590. The molecule has 0 amide bonds. The fourth-order valence-corrected chi connectivity index (χ4v) is 2.52. The molecule has 0 unspecified atom stereocenters. The summed E-state index contributed by atoms with van der Waals surface area (Å²) in [5.74, 6) is 0.170. The highest BCUT2D eigenvalue weighted by Crippen LogP contribution is 2.35. The van der Waals surface area contributed by atoms with Crippen LogP contribution in [0.1, 0.15) is 15.9 Å². The fourth-order valence-electron chi connectivity index (χ4n) is 2.21. The molecule has 3 rings (SSSR count). The zero-order valence-electron chi connectivity index (χ0n) is 13.0. The van der Waals surface area contributed by atoms with Crippen LogP contribution < -0.4 is 9.47 Å². The fraction of sp³-hybridized carbons (Fsp3) is 0.111. The molecule has 0 aliphatic carbocycles. The molecule has 5 nitrogen and oxygen atoms in total. The molecule has 0 N–H and O–H groups in total. The van der Waals surface area contributed by atoms with Crippen LogP contribution in [0.3, 0.4) is 0 Å². The van der Waals surface area contributed by atoms with Crippen molar-refractivity contribution in [2.24, 2.45) is 0 Å². The molecule has 0 radical (unpaired) electrons. The van der Waals surface area contributed by atoms with Crippen molar-refractivity contribution in [2.45, 2.75) is 0 Å². The van der Waals surface area contributed by atoms with Crippen LogP contribution in [0.5, 0.6) is 11.5 Å². The van der Waals surface area contributed by atoms with E-state index in [0.29, 0.717) is 32.7 Å². The number of benzene rings is 2. The number of halogens is 2. The van der Waals surface area contributed by atoms with Gasteiger partial charge < -0.3 is 14.2 Å². The Morgan fingerprint density at radius 1 is 1.16 bits per heavy atom. The first kappa shape index (κ1) is 17.3. The second kappa shape index (κ2) is 7.17. The van der Waals surface area contributed by atoms with Gasteiger partial charge in [0.25, 0.3) is 0 Å². The van der Waals surface area contributed by atoms with Crippen molar-refractivity contribution in [2.75, 3.05) is 13.7 Å². The van der Waals surface area contributed by atoms with E-state index in [9.17, 15) is 9.59 Å². The molecule has 1 aliphatic rings. The first-order valence-electron chi connectivity index (χ1n) is 7.21. The summed E-state index contributed by atoms with van der Waals surface area (Å²) in [6.45, 7) is -0.227. The predicted octanol–water partition coefficient (Wildman–Crippen LogP) is 4.16. The number of ketones is 1. The second-order valence-corrected chi connectivity index (χ2v) is 5.95. The topological polar surface area (TPSA) is 61.8 Å². The van der Waals surface area contributed by atoms with E-state index in [-0.39, 0.29) is 18.1 Å². The zero-order valence-corrected chi connectivity index (χ0v) is 14.6. The summed E-state index contributed by atoms with van der Waals surface area (Å²) >= 11 is 11.9. The Morgan fingerprint density at radius 3 is 2.68 bits per heavy atom. The van der Waals surface area contributed by atoms with Crippen LogP contribution in [-0.2, 0) is 9.53 Å². The molecule has 0 saturated carbocycles. The second-order valence-electron chi connectivity index (χ2n) is 5.14. The first-order valence-corrected chi connectivity index (χ1v) is 7.96. The Balaban J connectivity index is 1.81. The third-order valence-corrected chi connectivity index (χ3v) is 4.21. The van der Waals surface area contributed by atoms with E-state index < -0.39 is 5.97 Å². The molecule has 0 spiro atoms. The number of rotatable bonds is 4. The number of Topliss-reactive ketones (excluding diaryl/α,β-unsaturated/α-hetero) is 1. The van der Waals surface area contributed by atoms with E-state index in [4.69, 9.17) is 32.7 Å². The van der Waals surface area contributed by atoms with Gasteiger partial charge in [0.2, 0.25) is 5.78 Å². The maximum atomic E-state index is 12.4. The summed E-state index contributed by atoms with van der Waals surface area (Å²) in [6.07, 6.45) is 1.58. The number of hydrogen-bond acceptors (Lipinski definition) is 5. The van der Waals surface area contributed by atoms with Gasteiger partial charge in [0.15, 0.2) is 12.4 Å². The van der Waals surface area contributed by atoms with E-state index in [1.165, 1.54) is 7.11 Å². The normalized spacial score (nSPS) is 14.2. The third-order valence-electron chi connectivity index (χ3n) is 3.47. The smallest absolute Gasteiger partial charge is 0.343 e. The number of esters is 1. The molecular formula is C18H12Cl2O5. The highest BCUT2D eigenvalue weighted by molar-refractivity contribution is 6.42. The Kier molecular flexibility index (Phi) is 4.97. The Bertz CT molecular complexity index is 889. The lowest BCUT2D eigenvalue weighted by atomic mass is 10.1. The van der Waals surface area contributed by atoms with Crippen molar-refractivity contribution in [1.29, 1.82) is 0 Å². The van der Waals surface area contributed by atoms with Gasteiger partial charge in [-0.05, 0) is 35.9 Å². The lowest BCUT2D eigenvalue weighted by Gasteiger charge is -2.05. The number of allylic oxidation sites excluding steroid dienone is 1. The first-order chi connectivity index (χ1) is 12.0. The lowest BCUT2D eigenvalue weighted by Crippen LogP contribution is -2.12. The molecule has 0 aromatic heterocycles. The van der Waals surface area contributed by atoms with Gasteiger partial charge in [-0.1, -0.05) is 29.3 Å². The molecule has 2 aromatic carbocycles. The summed E-state index contributed by atoms with van der Waals surface area (Å²) in [4.78, 5) is 23.5. The zero-order chi connectivity index (χ0) is 18.0. The predicted molar refractivity (Wildman–Crippen MR) is 93.4 cm³/mol. The van der Waals surface area contributed by atoms with Crippen LogP contribution in [0.15, 0.2) is 42.2 Å². The number of fused-ring (bicyclic) bond motifs is 1. The molecule has 1 heterocycles. The molecule has 25 heavy (non-hydrogen) atoms. The van der Waals surface area contributed by atoms with Gasteiger partial charge in [-0.25, -0.2) is 4.79 Å². The summed E-state index contributed by atoms with van der Waals surface area (Å²) < 4.78 is 15.4. The van der Waals surface area contributed by atoms with Crippen molar-refractivity contribution >= 4 is 41.0 Å². The van der Waals surface area contributed by atoms with E-state index in [2.05, 4.69) is 4.74 Å². The maximum absolute atomic E-state index is 12.4. The van der Waals surface area contributed by atoms with Gasteiger partial charge >= 0.3 is 5.97 Å². The summed E-state index contributed by atoms with van der Waals surface area (Å²) in [5.41, 5.74) is 1.10. The lowest BCUT2D eigenvalue weighted by molar-refractivity contribution is -0.142. The number of methoxy groups -OCH3 is 1. The van der Waals surface area contributed by atoms with E-state index in [0.717, 1.165) is 0 Å². The van der Waals surface area contributed by atoms with E-state index in [1.807, 2.05) is 0 Å². The summed E-state index contributed by atoms with van der Waals surface area (Å²) in [7, 11) is 1.27. The largest absolute Gasteiger partial charge is 0.482 e. The average molecular weight is 379 g/mol. The number of carbonyl (C=O) groups is 2. The molecule has 2 aromatic rings. The van der Waals surface area contributed by atoms with Crippen LogP contribution >= 0.6 is 23.2 Å². The molecule has 0 saturated heterocycles. The highest BCUT2D eigenvalue weighted by atomic mass is 35.5. The number of hydrogen-bond donors (Lipinski definition) is 0. The van der Waals surface area contributed by atoms with E-state index in [1.54, 1.807) is 42.5 Å². The van der Waals surface area contributed by atoms with Gasteiger partial charge in [0, 0.05) is 6.07 Å². The minimum Gasteiger partial charge on any atom is -0.482 e. The average Bonchev–Trinajstić information content (AvgIpc) is 2.91. The van der Waals surface area contributed by atoms with Gasteiger partial charge in [-0.2, -0.15) is 0 Å². The number of ether oxygens (including phenoxy) is 3. The van der Waals surface area contributed by atoms with Crippen molar-refractivity contribution in [3.05, 3.63) is 63.3 Å². The maximum Gasteiger partial charge on any atom is 0.343 e. The van der Waals surface area contributed by atoms with Crippen LogP contribution in [0.25, 0.3) is 6.08 Å². The van der Waals surface area contributed by atoms with Crippen molar-refractivity contribution < 1.29 is 23.8 Å². The van der Waals surface area contributed by atoms with Gasteiger partial charge in [-0.15, -0.1) is 0 Å². The molecular weight excluding hydrogens is 367 g/mol. The third kappa shape index (κ3) is 3.78.